The van der Waals surface area contributed by atoms with Gasteiger partial charge in [-0.3, -0.25) is 0 Å². The van der Waals surface area contributed by atoms with E-state index in [0.29, 0.717) is 0 Å². The quantitative estimate of drug-likeness (QED) is 0.791. The van der Waals surface area contributed by atoms with Gasteiger partial charge in [0.05, 0.1) is 12.8 Å². The Morgan fingerprint density at radius 3 is 2.53 bits per heavy atom. The van der Waals surface area contributed by atoms with Crippen LogP contribution in [0.1, 0.15) is 38.5 Å². The molecular formula is C15H23NO. The molecule has 0 aromatic heterocycles. The fourth-order valence-electron chi connectivity index (χ4n) is 2.61. The Hall–Kier alpha value is -1.18. The lowest BCUT2D eigenvalue weighted by molar-refractivity contribution is 0.415. The largest absolute Gasteiger partial charge is 0.495 e. The average Bonchev–Trinajstić information content (AvgIpc) is 2.65. The van der Waals surface area contributed by atoms with E-state index >= 15 is 0 Å². The Morgan fingerprint density at radius 2 is 1.82 bits per heavy atom. The number of benzene rings is 1. The number of anilines is 1. The molecule has 2 rings (SSSR count). The first kappa shape index (κ1) is 12.3. The highest BCUT2D eigenvalue weighted by Crippen LogP contribution is 2.26. The predicted octanol–water partition coefficient (Wildman–Crippen LogP) is 4.08. The van der Waals surface area contributed by atoms with Crippen LogP contribution in [-0.2, 0) is 0 Å². The molecule has 0 heterocycles. The molecule has 0 aliphatic heterocycles. The molecule has 0 unspecified atom stereocenters. The molecule has 0 atom stereocenters. The SMILES string of the molecule is COc1ccccc1NCC1CCCCCC1. The van der Waals surface area contributed by atoms with Crippen molar-refractivity contribution in [2.24, 2.45) is 5.92 Å². The van der Waals surface area contributed by atoms with Crippen LogP contribution in [0.3, 0.4) is 0 Å². The van der Waals surface area contributed by atoms with Crippen molar-refractivity contribution < 1.29 is 4.74 Å². The van der Waals surface area contributed by atoms with Gasteiger partial charge in [0.2, 0.25) is 0 Å². The Bertz CT molecular complexity index is 329. The van der Waals surface area contributed by atoms with Crippen molar-refractivity contribution in [2.45, 2.75) is 38.5 Å². The van der Waals surface area contributed by atoms with Crippen LogP contribution in [0.25, 0.3) is 0 Å². The van der Waals surface area contributed by atoms with E-state index in [9.17, 15) is 0 Å². The van der Waals surface area contributed by atoms with Crippen molar-refractivity contribution in [1.82, 2.24) is 0 Å². The monoisotopic (exact) mass is 233 g/mol. The molecule has 0 radical (unpaired) electrons. The molecular weight excluding hydrogens is 210 g/mol. The minimum absolute atomic E-state index is 0.836. The average molecular weight is 233 g/mol. The molecule has 0 amide bonds. The molecule has 2 heteroatoms. The lowest BCUT2D eigenvalue weighted by Crippen LogP contribution is -2.14. The van der Waals surface area contributed by atoms with Gasteiger partial charge in [0.1, 0.15) is 5.75 Å². The lowest BCUT2D eigenvalue weighted by atomic mass is 10.0. The smallest absolute Gasteiger partial charge is 0.141 e. The van der Waals surface area contributed by atoms with Gasteiger partial charge in [0.15, 0.2) is 0 Å². The van der Waals surface area contributed by atoms with Crippen LogP contribution >= 0.6 is 0 Å². The number of nitrogens with one attached hydrogen (secondary N) is 1. The molecule has 0 saturated heterocycles. The summed E-state index contributed by atoms with van der Waals surface area (Å²) in [7, 11) is 1.73. The van der Waals surface area contributed by atoms with Crippen LogP contribution in [0, 0.1) is 5.92 Å². The molecule has 0 spiro atoms. The van der Waals surface area contributed by atoms with Crippen molar-refractivity contribution >= 4 is 5.69 Å². The Balaban J connectivity index is 1.87. The van der Waals surface area contributed by atoms with Crippen LogP contribution in [0.4, 0.5) is 5.69 Å². The van der Waals surface area contributed by atoms with Crippen LogP contribution in [-0.4, -0.2) is 13.7 Å². The fraction of sp³-hybridized carbons (Fsp3) is 0.600. The standard InChI is InChI=1S/C15H23NO/c1-17-15-11-7-6-10-14(15)16-12-13-8-4-2-3-5-9-13/h6-7,10-11,13,16H,2-5,8-9,12H2,1H3. The zero-order valence-corrected chi connectivity index (χ0v) is 10.7. The molecule has 2 nitrogen and oxygen atoms in total. The molecule has 1 saturated carbocycles. The summed E-state index contributed by atoms with van der Waals surface area (Å²) < 4.78 is 5.35. The topological polar surface area (TPSA) is 21.3 Å². The molecule has 0 bridgehead atoms. The molecule has 1 aromatic carbocycles. The van der Waals surface area contributed by atoms with Crippen molar-refractivity contribution in [3.8, 4) is 5.75 Å². The molecule has 1 aromatic rings. The van der Waals surface area contributed by atoms with Crippen LogP contribution in [0.5, 0.6) is 5.75 Å². The van der Waals surface area contributed by atoms with Crippen molar-refractivity contribution in [3.63, 3.8) is 0 Å². The highest BCUT2D eigenvalue weighted by Gasteiger charge is 2.12. The van der Waals surface area contributed by atoms with Gasteiger partial charge in [-0.2, -0.15) is 0 Å². The predicted molar refractivity (Wildman–Crippen MR) is 72.7 cm³/mol. The third-order valence-corrected chi connectivity index (χ3v) is 3.66. The summed E-state index contributed by atoms with van der Waals surface area (Å²) in [6, 6.07) is 8.17. The van der Waals surface area contributed by atoms with Crippen LogP contribution < -0.4 is 10.1 Å². The fourth-order valence-corrected chi connectivity index (χ4v) is 2.61. The third-order valence-electron chi connectivity index (χ3n) is 3.66. The first-order chi connectivity index (χ1) is 8.40. The third kappa shape index (κ3) is 3.65. The molecule has 1 N–H and O–H groups in total. The molecule has 1 aliphatic rings. The van der Waals surface area contributed by atoms with E-state index < -0.39 is 0 Å². The van der Waals surface area contributed by atoms with E-state index in [1.807, 2.05) is 12.1 Å². The lowest BCUT2D eigenvalue weighted by Gasteiger charge is -2.17. The number of hydrogen-bond donors (Lipinski definition) is 1. The summed E-state index contributed by atoms with van der Waals surface area (Å²) >= 11 is 0. The van der Waals surface area contributed by atoms with Crippen LogP contribution in [0.2, 0.25) is 0 Å². The zero-order chi connectivity index (χ0) is 11.9. The molecule has 1 aliphatic carbocycles. The van der Waals surface area contributed by atoms with Crippen molar-refractivity contribution in [1.29, 1.82) is 0 Å². The first-order valence-corrected chi connectivity index (χ1v) is 6.77. The second kappa shape index (κ2) is 6.53. The van der Waals surface area contributed by atoms with E-state index in [0.717, 1.165) is 23.9 Å². The van der Waals surface area contributed by atoms with Gasteiger partial charge in [-0.15, -0.1) is 0 Å². The maximum absolute atomic E-state index is 5.35. The summed E-state index contributed by atoms with van der Waals surface area (Å²) in [6.45, 7) is 1.08. The highest BCUT2D eigenvalue weighted by molar-refractivity contribution is 5.56. The number of para-hydroxylation sites is 2. The van der Waals surface area contributed by atoms with Gasteiger partial charge in [-0.05, 0) is 30.9 Å². The maximum Gasteiger partial charge on any atom is 0.141 e. The van der Waals surface area contributed by atoms with Crippen molar-refractivity contribution in [3.05, 3.63) is 24.3 Å². The second-order valence-corrected chi connectivity index (χ2v) is 4.94. The van der Waals surface area contributed by atoms with E-state index in [4.69, 9.17) is 4.74 Å². The summed E-state index contributed by atoms with van der Waals surface area (Å²) in [5.41, 5.74) is 1.12. The number of rotatable bonds is 4. The van der Waals surface area contributed by atoms with Gasteiger partial charge in [-0.25, -0.2) is 0 Å². The molecule has 94 valence electrons. The minimum atomic E-state index is 0.836. The minimum Gasteiger partial charge on any atom is -0.495 e. The number of hydrogen-bond acceptors (Lipinski definition) is 2. The van der Waals surface area contributed by atoms with Gasteiger partial charge in [0, 0.05) is 6.54 Å². The van der Waals surface area contributed by atoms with Gasteiger partial charge in [-0.1, -0.05) is 37.8 Å². The Morgan fingerprint density at radius 1 is 1.12 bits per heavy atom. The molecule has 1 fully saturated rings. The van der Waals surface area contributed by atoms with Crippen molar-refractivity contribution in [2.75, 3.05) is 19.0 Å². The van der Waals surface area contributed by atoms with Crippen LogP contribution in [0.15, 0.2) is 24.3 Å². The van der Waals surface area contributed by atoms with E-state index in [-0.39, 0.29) is 0 Å². The maximum atomic E-state index is 5.35. The van der Waals surface area contributed by atoms with Gasteiger partial charge >= 0.3 is 0 Å². The summed E-state index contributed by atoms with van der Waals surface area (Å²) in [4.78, 5) is 0. The molecule has 17 heavy (non-hydrogen) atoms. The summed E-state index contributed by atoms with van der Waals surface area (Å²) in [5.74, 6) is 1.78. The normalized spacial score (nSPS) is 17.5. The van der Waals surface area contributed by atoms with E-state index in [2.05, 4.69) is 17.4 Å². The number of methoxy groups -OCH3 is 1. The van der Waals surface area contributed by atoms with Gasteiger partial charge in [0.25, 0.3) is 0 Å². The highest BCUT2D eigenvalue weighted by atomic mass is 16.5. The number of ether oxygens (including phenoxy) is 1. The zero-order valence-electron chi connectivity index (χ0n) is 10.7. The first-order valence-electron chi connectivity index (χ1n) is 6.77. The second-order valence-electron chi connectivity index (χ2n) is 4.94. The summed E-state index contributed by atoms with van der Waals surface area (Å²) in [6.07, 6.45) is 8.40. The van der Waals surface area contributed by atoms with Gasteiger partial charge < -0.3 is 10.1 Å². The van der Waals surface area contributed by atoms with E-state index in [1.165, 1.54) is 38.5 Å². The van der Waals surface area contributed by atoms with E-state index in [1.54, 1.807) is 7.11 Å². The summed E-state index contributed by atoms with van der Waals surface area (Å²) in [5, 5.41) is 3.54. The Kier molecular flexibility index (Phi) is 4.72. The Labute approximate surface area is 104 Å².